The van der Waals surface area contributed by atoms with E-state index >= 15 is 0 Å². The monoisotopic (exact) mass is 337 g/mol. The Kier molecular flexibility index (Phi) is 4.03. The number of hydrogen-bond donors (Lipinski definition) is 0. The Hall–Kier alpha value is -2.63. The molecule has 2 aromatic heterocycles. The summed E-state index contributed by atoms with van der Waals surface area (Å²) in [5, 5.41) is 5.67. The molecule has 3 aromatic rings. The van der Waals surface area contributed by atoms with Crippen LogP contribution in [0.5, 0.6) is 0 Å². The summed E-state index contributed by atoms with van der Waals surface area (Å²) < 4.78 is 4.02. The van der Waals surface area contributed by atoms with Crippen LogP contribution in [0.25, 0.3) is 10.9 Å². The molecular weight excluding hydrogens is 314 g/mol. The van der Waals surface area contributed by atoms with Gasteiger partial charge in [-0.3, -0.25) is 4.79 Å². The Morgan fingerprint density at radius 2 is 2.08 bits per heavy atom. The fraction of sp³-hybridized carbons (Fsp3) is 0.421. The van der Waals surface area contributed by atoms with Gasteiger partial charge in [-0.05, 0) is 44.2 Å². The molecule has 0 bridgehead atoms. The number of amides is 1. The first-order valence-electron chi connectivity index (χ1n) is 8.83. The molecule has 1 aliphatic heterocycles. The summed E-state index contributed by atoms with van der Waals surface area (Å²) in [4.78, 5) is 19.2. The maximum atomic E-state index is 12.8. The van der Waals surface area contributed by atoms with Gasteiger partial charge >= 0.3 is 0 Å². The van der Waals surface area contributed by atoms with Gasteiger partial charge in [-0.25, -0.2) is 9.67 Å². The summed E-state index contributed by atoms with van der Waals surface area (Å²) >= 11 is 0. The number of aromatic nitrogens is 4. The summed E-state index contributed by atoms with van der Waals surface area (Å²) in [6.45, 7) is 5.80. The molecule has 0 radical (unpaired) electrons. The van der Waals surface area contributed by atoms with Crippen LogP contribution in [0, 0.1) is 13.8 Å². The van der Waals surface area contributed by atoms with Gasteiger partial charge in [0.25, 0.3) is 0 Å². The van der Waals surface area contributed by atoms with E-state index in [2.05, 4.69) is 28.3 Å². The Bertz CT molecular complexity index is 910. The van der Waals surface area contributed by atoms with Crippen LogP contribution in [-0.4, -0.2) is 43.2 Å². The number of aryl methyl sites for hydroxylation is 2. The zero-order valence-corrected chi connectivity index (χ0v) is 14.7. The molecule has 1 amide bonds. The standard InChI is InChI=1S/C19H23N5O/c1-14-20-15(2)24(21-14)17-7-5-10-23(12-17)19(25)13-22-11-9-16-6-3-4-8-18(16)22/h3-4,6,8-9,11,17H,5,7,10,12-13H2,1-2H3/t17-/m1/s1. The second-order valence-electron chi connectivity index (χ2n) is 6.79. The van der Waals surface area contributed by atoms with Crippen molar-refractivity contribution in [1.29, 1.82) is 0 Å². The van der Waals surface area contributed by atoms with Gasteiger partial charge in [0.2, 0.25) is 5.91 Å². The van der Waals surface area contributed by atoms with E-state index < -0.39 is 0 Å². The van der Waals surface area contributed by atoms with Crippen molar-refractivity contribution in [3.05, 3.63) is 48.2 Å². The molecule has 6 heteroatoms. The average Bonchev–Trinajstić information content (AvgIpc) is 3.18. The van der Waals surface area contributed by atoms with E-state index in [1.54, 1.807) is 0 Å². The highest BCUT2D eigenvalue weighted by molar-refractivity contribution is 5.83. The third-order valence-electron chi connectivity index (χ3n) is 4.99. The van der Waals surface area contributed by atoms with Gasteiger partial charge in [0.15, 0.2) is 0 Å². The van der Waals surface area contributed by atoms with Gasteiger partial charge in [0.1, 0.15) is 18.2 Å². The molecule has 3 heterocycles. The molecule has 1 saturated heterocycles. The molecule has 0 saturated carbocycles. The van der Waals surface area contributed by atoms with E-state index in [4.69, 9.17) is 0 Å². The van der Waals surface area contributed by atoms with E-state index in [9.17, 15) is 4.79 Å². The minimum absolute atomic E-state index is 0.167. The number of likely N-dealkylation sites (tertiary alicyclic amines) is 1. The first-order valence-corrected chi connectivity index (χ1v) is 8.83. The molecule has 0 N–H and O–H groups in total. The Morgan fingerprint density at radius 3 is 2.88 bits per heavy atom. The number of carbonyl (C=O) groups is 1. The SMILES string of the molecule is Cc1nc(C)n([C@@H]2CCCN(C(=O)Cn3ccc4ccccc43)C2)n1. The average molecular weight is 337 g/mol. The quantitative estimate of drug-likeness (QED) is 0.738. The smallest absolute Gasteiger partial charge is 0.242 e. The van der Waals surface area contributed by atoms with Crippen molar-refractivity contribution in [1.82, 2.24) is 24.2 Å². The predicted octanol–water partition coefficient (Wildman–Crippen LogP) is 2.71. The van der Waals surface area contributed by atoms with Crippen LogP contribution in [0.1, 0.15) is 30.5 Å². The topological polar surface area (TPSA) is 56.0 Å². The molecule has 4 rings (SSSR count). The second-order valence-corrected chi connectivity index (χ2v) is 6.79. The largest absolute Gasteiger partial charge is 0.339 e. The highest BCUT2D eigenvalue weighted by atomic mass is 16.2. The molecular formula is C19H23N5O. The van der Waals surface area contributed by atoms with Crippen LogP contribution >= 0.6 is 0 Å². The van der Waals surface area contributed by atoms with Crippen LogP contribution in [0.2, 0.25) is 0 Å². The number of piperidine rings is 1. The van der Waals surface area contributed by atoms with Crippen molar-refractivity contribution >= 4 is 16.8 Å². The Morgan fingerprint density at radius 1 is 1.24 bits per heavy atom. The normalized spacial score (nSPS) is 18.0. The zero-order valence-electron chi connectivity index (χ0n) is 14.7. The van der Waals surface area contributed by atoms with Gasteiger partial charge in [-0.1, -0.05) is 18.2 Å². The van der Waals surface area contributed by atoms with E-state index in [-0.39, 0.29) is 11.9 Å². The maximum absolute atomic E-state index is 12.8. The van der Waals surface area contributed by atoms with Gasteiger partial charge in [-0.2, -0.15) is 5.10 Å². The molecule has 0 unspecified atom stereocenters. The first kappa shape index (κ1) is 15.9. The lowest BCUT2D eigenvalue weighted by Gasteiger charge is -2.33. The zero-order chi connectivity index (χ0) is 17.4. The lowest BCUT2D eigenvalue weighted by atomic mass is 10.1. The van der Waals surface area contributed by atoms with E-state index in [0.29, 0.717) is 13.1 Å². The van der Waals surface area contributed by atoms with Crippen molar-refractivity contribution in [2.45, 2.75) is 39.3 Å². The lowest BCUT2D eigenvalue weighted by molar-refractivity contribution is -0.133. The molecule has 130 valence electrons. The minimum atomic E-state index is 0.167. The van der Waals surface area contributed by atoms with E-state index in [1.807, 2.05) is 46.3 Å². The highest BCUT2D eigenvalue weighted by Crippen LogP contribution is 2.23. The summed E-state index contributed by atoms with van der Waals surface area (Å²) in [6.07, 6.45) is 4.04. The summed E-state index contributed by atoms with van der Waals surface area (Å²) in [5.41, 5.74) is 1.10. The molecule has 1 atom stereocenters. The number of rotatable bonds is 3. The Balaban J connectivity index is 1.49. The fourth-order valence-corrected chi connectivity index (χ4v) is 3.79. The van der Waals surface area contributed by atoms with Crippen LogP contribution in [-0.2, 0) is 11.3 Å². The van der Waals surface area contributed by atoms with Crippen LogP contribution < -0.4 is 0 Å². The number of para-hydroxylation sites is 1. The number of fused-ring (bicyclic) bond motifs is 1. The van der Waals surface area contributed by atoms with Crippen LogP contribution in [0.4, 0.5) is 0 Å². The first-order chi connectivity index (χ1) is 12.1. The number of carbonyl (C=O) groups excluding carboxylic acids is 1. The molecule has 1 aliphatic rings. The third-order valence-corrected chi connectivity index (χ3v) is 4.99. The minimum Gasteiger partial charge on any atom is -0.339 e. The van der Waals surface area contributed by atoms with Crippen LogP contribution in [0.3, 0.4) is 0 Å². The summed E-state index contributed by atoms with van der Waals surface area (Å²) in [5.74, 6) is 1.88. The number of hydrogen-bond acceptors (Lipinski definition) is 3. The maximum Gasteiger partial charge on any atom is 0.242 e. The number of benzene rings is 1. The fourth-order valence-electron chi connectivity index (χ4n) is 3.79. The van der Waals surface area contributed by atoms with Gasteiger partial charge in [0, 0.05) is 24.8 Å². The molecule has 1 fully saturated rings. The molecule has 25 heavy (non-hydrogen) atoms. The molecule has 6 nitrogen and oxygen atoms in total. The highest BCUT2D eigenvalue weighted by Gasteiger charge is 2.26. The molecule has 1 aromatic carbocycles. The van der Waals surface area contributed by atoms with Gasteiger partial charge < -0.3 is 9.47 Å². The molecule has 0 spiro atoms. The second kappa shape index (κ2) is 6.35. The van der Waals surface area contributed by atoms with Crippen LogP contribution in [0.15, 0.2) is 36.5 Å². The van der Waals surface area contributed by atoms with Crippen molar-refractivity contribution < 1.29 is 4.79 Å². The van der Waals surface area contributed by atoms with E-state index in [1.165, 1.54) is 5.39 Å². The van der Waals surface area contributed by atoms with Gasteiger partial charge in [0.05, 0.1) is 6.04 Å². The summed E-state index contributed by atoms with van der Waals surface area (Å²) in [6, 6.07) is 10.4. The van der Waals surface area contributed by atoms with Crippen molar-refractivity contribution in [2.24, 2.45) is 0 Å². The molecule has 0 aliphatic carbocycles. The van der Waals surface area contributed by atoms with Gasteiger partial charge in [-0.15, -0.1) is 0 Å². The van der Waals surface area contributed by atoms with Crippen molar-refractivity contribution in [3.8, 4) is 0 Å². The van der Waals surface area contributed by atoms with E-state index in [0.717, 1.165) is 36.6 Å². The Labute approximate surface area is 147 Å². The predicted molar refractivity (Wildman–Crippen MR) is 96.3 cm³/mol. The summed E-state index contributed by atoms with van der Waals surface area (Å²) in [7, 11) is 0. The number of nitrogens with zero attached hydrogens (tertiary/aromatic N) is 5. The van der Waals surface area contributed by atoms with Crippen molar-refractivity contribution in [2.75, 3.05) is 13.1 Å². The third kappa shape index (κ3) is 3.04. The lowest BCUT2D eigenvalue weighted by Crippen LogP contribution is -2.42. The van der Waals surface area contributed by atoms with Crippen molar-refractivity contribution in [3.63, 3.8) is 0 Å².